The molecule has 2 aromatic heterocycles. The van der Waals surface area contributed by atoms with E-state index in [0.29, 0.717) is 0 Å². The minimum absolute atomic E-state index is 0.114. The van der Waals surface area contributed by atoms with Crippen LogP contribution in [0.15, 0.2) is 82.8 Å². The number of rotatable bonds is 5. The SMILES string of the molecule is O=S(=O)(NC(c1ccccc1)c1cccnc1)c1ccco1. The van der Waals surface area contributed by atoms with Crippen LogP contribution in [0.3, 0.4) is 0 Å². The Bertz CT molecular complexity index is 777. The maximum Gasteiger partial charge on any atom is 0.274 e. The van der Waals surface area contributed by atoms with Gasteiger partial charge in [-0.15, -0.1) is 0 Å². The molecule has 0 radical (unpaired) electrons. The molecule has 0 aliphatic heterocycles. The Kier molecular flexibility index (Phi) is 4.04. The van der Waals surface area contributed by atoms with E-state index in [-0.39, 0.29) is 5.09 Å². The van der Waals surface area contributed by atoms with E-state index in [2.05, 4.69) is 9.71 Å². The normalized spacial score (nSPS) is 12.9. The Balaban J connectivity index is 2.00. The van der Waals surface area contributed by atoms with E-state index in [4.69, 9.17) is 4.42 Å². The standard InChI is InChI=1S/C16H14N2O3S/c19-22(20,15-9-5-11-21-15)18-16(13-6-2-1-3-7-13)14-8-4-10-17-12-14/h1-12,16,18H. The second-order valence-corrected chi connectivity index (χ2v) is 6.33. The summed E-state index contributed by atoms with van der Waals surface area (Å²) in [7, 11) is -3.76. The summed E-state index contributed by atoms with van der Waals surface area (Å²) in [6.45, 7) is 0. The molecule has 3 aromatic rings. The van der Waals surface area contributed by atoms with Gasteiger partial charge >= 0.3 is 0 Å². The highest BCUT2D eigenvalue weighted by atomic mass is 32.2. The third-order valence-electron chi connectivity index (χ3n) is 3.18. The second kappa shape index (κ2) is 6.13. The Hall–Kier alpha value is -2.44. The summed E-state index contributed by atoms with van der Waals surface area (Å²) in [5.74, 6) is 0. The van der Waals surface area contributed by atoms with Crippen LogP contribution in [-0.2, 0) is 10.0 Å². The largest absolute Gasteiger partial charge is 0.452 e. The number of hydrogen-bond donors (Lipinski definition) is 1. The molecule has 1 aromatic carbocycles. The van der Waals surface area contributed by atoms with Crippen molar-refractivity contribution >= 4 is 10.0 Å². The monoisotopic (exact) mass is 314 g/mol. The van der Waals surface area contributed by atoms with Gasteiger partial charge in [-0.3, -0.25) is 4.98 Å². The van der Waals surface area contributed by atoms with E-state index in [0.717, 1.165) is 11.1 Å². The van der Waals surface area contributed by atoms with Gasteiger partial charge in [-0.05, 0) is 29.3 Å². The number of hydrogen-bond acceptors (Lipinski definition) is 4. The Morgan fingerprint density at radius 1 is 0.955 bits per heavy atom. The molecule has 0 saturated carbocycles. The number of aromatic nitrogens is 1. The quantitative estimate of drug-likeness (QED) is 0.786. The van der Waals surface area contributed by atoms with Gasteiger partial charge < -0.3 is 4.42 Å². The molecule has 22 heavy (non-hydrogen) atoms. The number of pyridine rings is 1. The molecule has 0 aliphatic carbocycles. The van der Waals surface area contributed by atoms with Crippen molar-refractivity contribution in [3.8, 4) is 0 Å². The summed E-state index contributed by atoms with van der Waals surface area (Å²) < 4.78 is 32.5. The van der Waals surface area contributed by atoms with E-state index >= 15 is 0 Å². The number of nitrogens with zero attached hydrogens (tertiary/aromatic N) is 1. The fourth-order valence-corrected chi connectivity index (χ4v) is 3.29. The van der Waals surface area contributed by atoms with Gasteiger partial charge in [-0.25, -0.2) is 8.42 Å². The zero-order chi connectivity index (χ0) is 15.4. The summed E-state index contributed by atoms with van der Waals surface area (Å²) in [4.78, 5) is 4.07. The summed E-state index contributed by atoms with van der Waals surface area (Å²) >= 11 is 0. The van der Waals surface area contributed by atoms with Crippen LogP contribution < -0.4 is 4.72 Å². The van der Waals surface area contributed by atoms with Gasteiger partial charge in [-0.2, -0.15) is 4.72 Å². The molecule has 0 bridgehead atoms. The average molecular weight is 314 g/mol. The maximum atomic E-state index is 12.4. The first kappa shape index (κ1) is 14.5. The molecule has 0 amide bonds. The van der Waals surface area contributed by atoms with Crippen molar-refractivity contribution < 1.29 is 12.8 Å². The predicted octanol–water partition coefficient (Wildman–Crippen LogP) is 2.74. The zero-order valence-corrected chi connectivity index (χ0v) is 12.4. The summed E-state index contributed by atoms with van der Waals surface area (Å²) in [6.07, 6.45) is 4.62. The molecule has 0 saturated heterocycles. The predicted molar refractivity (Wildman–Crippen MR) is 81.6 cm³/mol. The average Bonchev–Trinajstić information content (AvgIpc) is 3.10. The Morgan fingerprint density at radius 2 is 1.73 bits per heavy atom. The number of sulfonamides is 1. The lowest BCUT2D eigenvalue weighted by atomic mass is 10.0. The summed E-state index contributed by atoms with van der Waals surface area (Å²) in [6, 6.07) is 15.3. The fourth-order valence-electron chi connectivity index (χ4n) is 2.15. The lowest BCUT2D eigenvalue weighted by molar-refractivity contribution is 0.443. The molecule has 1 unspecified atom stereocenters. The van der Waals surface area contributed by atoms with Crippen LogP contribution in [0.2, 0.25) is 0 Å². The highest BCUT2D eigenvalue weighted by molar-refractivity contribution is 7.89. The summed E-state index contributed by atoms with van der Waals surface area (Å²) in [5, 5.41) is -0.114. The molecule has 0 fully saturated rings. The second-order valence-electron chi connectivity index (χ2n) is 4.68. The molecule has 2 heterocycles. The van der Waals surface area contributed by atoms with Crippen LogP contribution >= 0.6 is 0 Å². The molecule has 0 spiro atoms. The Labute approximate surface area is 128 Å². The lowest BCUT2D eigenvalue weighted by Gasteiger charge is -2.18. The number of benzene rings is 1. The van der Waals surface area contributed by atoms with Crippen LogP contribution in [0.1, 0.15) is 17.2 Å². The minimum atomic E-state index is -3.76. The van der Waals surface area contributed by atoms with Crippen LogP contribution in [0.25, 0.3) is 0 Å². The van der Waals surface area contributed by atoms with E-state index in [1.165, 1.54) is 18.4 Å². The van der Waals surface area contributed by atoms with E-state index in [1.807, 2.05) is 36.4 Å². The van der Waals surface area contributed by atoms with Crippen molar-refractivity contribution in [2.45, 2.75) is 11.1 Å². The number of nitrogens with one attached hydrogen (secondary N) is 1. The van der Waals surface area contributed by atoms with E-state index < -0.39 is 16.1 Å². The van der Waals surface area contributed by atoms with E-state index in [9.17, 15) is 8.42 Å². The van der Waals surface area contributed by atoms with Crippen molar-refractivity contribution in [2.24, 2.45) is 0 Å². The van der Waals surface area contributed by atoms with Crippen LogP contribution in [-0.4, -0.2) is 13.4 Å². The lowest BCUT2D eigenvalue weighted by Crippen LogP contribution is -2.29. The molecule has 1 atom stereocenters. The van der Waals surface area contributed by atoms with Crippen LogP contribution in [0, 0.1) is 0 Å². The van der Waals surface area contributed by atoms with Gasteiger partial charge in [0.15, 0.2) is 0 Å². The van der Waals surface area contributed by atoms with Crippen LogP contribution in [0.5, 0.6) is 0 Å². The molecule has 1 N–H and O–H groups in total. The molecule has 3 rings (SSSR count). The van der Waals surface area contributed by atoms with E-state index in [1.54, 1.807) is 18.5 Å². The zero-order valence-electron chi connectivity index (χ0n) is 11.6. The molecule has 112 valence electrons. The molecular weight excluding hydrogens is 300 g/mol. The minimum Gasteiger partial charge on any atom is -0.452 e. The third-order valence-corrected chi connectivity index (χ3v) is 4.49. The van der Waals surface area contributed by atoms with Gasteiger partial charge in [0.2, 0.25) is 5.09 Å². The molecule has 0 aliphatic rings. The summed E-state index contributed by atoms with van der Waals surface area (Å²) in [5.41, 5.74) is 1.58. The van der Waals surface area contributed by atoms with Crippen molar-refractivity contribution in [1.29, 1.82) is 0 Å². The first-order chi connectivity index (χ1) is 10.7. The fraction of sp³-hybridized carbons (Fsp3) is 0.0625. The number of furan rings is 1. The Morgan fingerprint density at radius 3 is 2.36 bits per heavy atom. The highest BCUT2D eigenvalue weighted by Crippen LogP contribution is 2.24. The van der Waals surface area contributed by atoms with Crippen molar-refractivity contribution in [3.05, 3.63) is 84.4 Å². The molecule has 5 nitrogen and oxygen atoms in total. The topological polar surface area (TPSA) is 72.2 Å². The van der Waals surface area contributed by atoms with Gasteiger partial charge in [0.1, 0.15) is 0 Å². The van der Waals surface area contributed by atoms with Gasteiger partial charge in [0.25, 0.3) is 10.0 Å². The first-order valence-corrected chi connectivity index (χ1v) is 8.16. The van der Waals surface area contributed by atoms with Crippen molar-refractivity contribution in [1.82, 2.24) is 9.71 Å². The molecular formula is C16H14N2O3S. The van der Waals surface area contributed by atoms with Crippen molar-refractivity contribution in [3.63, 3.8) is 0 Å². The van der Waals surface area contributed by atoms with Gasteiger partial charge in [0.05, 0.1) is 12.3 Å². The van der Waals surface area contributed by atoms with Crippen molar-refractivity contribution in [2.75, 3.05) is 0 Å². The smallest absolute Gasteiger partial charge is 0.274 e. The first-order valence-electron chi connectivity index (χ1n) is 6.67. The maximum absolute atomic E-state index is 12.4. The van der Waals surface area contributed by atoms with Gasteiger partial charge in [0, 0.05) is 12.4 Å². The highest BCUT2D eigenvalue weighted by Gasteiger charge is 2.24. The molecule has 6 heteroatoms. The third kappa shape index (κ3) is 3.08. The van der Waals surface area contributed by atoms with Crippen LogP contribution in [0.4, 0.5) is 0 Å². The van der Waals surface area contributed by atoms with Gasteiger partial charge in [-0.1, -0.05) is 36.4 Å².